The third-order valence-electron chi connectivity index (χ3n) is 4.83. The van der Waals surface area contributed by atoms with Crippen LogP contribution in [0.15, 0.2) is 48.7 Å². The van der Waals surface area contributed by atoms with E-state index in [9.17, 15) is 14.4 Å². The minimum atomic E-state index is -0.254. The van der Waals surface area contributed by atoms with Gasteiger partial charge in [-0.1, -0.05) is 24.3 Å². The van der Waals surface area contributed by atoms with E-state index < -0.39 is 0 Å². The molecule has 0 atom stereocenters. The second kappa shape index (κ2) is 9.12. The summed E-state index contributed by atoms with van der Waals surface area (Å²) in [6, 6.07) is 12.8. The minimum Gasteiger partial charge on any atom is -0.343 e. The molecule has 28 heavy (non-hydrogen) atoms. The molecular weight excluding hydrogens is 356 g/mol. The van der Waals surface area contributed by atoms with Gasteiger partial charge >= 0.3 is 0 Å². The lowest BCUT2D eigenvalue weighted by atomic mass is 10.1. The molecule has 0 aliphatic carbocycles. The highest BCUT2D eigenvalue weighted by atomic mass is 16.2. The summed E-state index contributed by atoms with van der Waals surface area (Å²) in [5.74, 6) is -0.381. The molecular formula is C21H24N4O3. The van der Waals surface area contributed by atoms with Crippen molar-refractivity contribution in [1.82, 2.24) is 20.1 Å². The molecule has 1 N–H and O–H groups in total. The maximum atomic E-state index is 12.4. The number of carbonyl (C=O) groups is 3. The van der Waals surface area contributed by atoms with Gasteiger partial charge in [-0.15, -0.1) is 0 Å². The summed E-state index contributed by atoms with van der Waals surface area (Å²) < 4.78 is 0. The van der Waals surface area contributed by atoms with E-state index in [1.807, 2.05) is 37.3 Å². The van der Waals surface area contributed by atoms with Crippen LogP contribution >= 0.6 is 0 Å². The molecule has 2 aromatic rings. The fourth-order valence-electron chi connectivity index (χ4n) is 3.17. The number of hydrogen-bond donors (Lipinski definition) is 1. The minimum absolute atomic E-state index is 0.0126. The van der Waals surface area contributed by atoms with Crippen LogP contribution in [0.25, 0.3) is 0 Å². The Kier molecular flexibility index (Phi) is 6.37. The Bertz CT molecular complexity index is 846. The summed E-state index contributed by atoms with van der Waals surface area (Å²) in [7, 11) is 0. The lowest BCUT2D eigenvalue weighted by Gasteiger charge is -2.34. The van der Waals surface area contributed by atoms with Gasteiger partial charge in [0.2, 0.25) is 11.8 Å². The van der Waals surface area contributed by atoms with Crippen LogP contribution in [-0.4, -0.2) is 65.2 Å². The van der Waals surface area contributed by atoms with Crippen LogP contribution in [-0.2, 0) is 16.0 Å². The molecule has 1 aliphatic heterocycles. The van der Waals surface area contributed by atoms with E-state index in [1.54, 1.807) is 28.1 Å². The maximum absolute atomic E-state index is 12.4. The van der Waals surface area contributed by atoms with Gasteiger partial charge in [-0.3, -0.25) is 19.4 Å². The number of benzene rings is 1. The molecule has 0 unspecified atom stereocenters. The Morgan fingerprint density at radius 1 is 0.929 bits per heavy atom. The number of aryl methyl sites for hydroxylation is 1. The van der Waals surface area contributed by atoms with Gasteiger partial charge in [0, 0.05) is 43.6 Å². The number of hydrogen-bond acceptors (Lipinski definition) is 4. The van der Waals surface area contributed by atoms with E-state index in [4.69, 9.17) is 0 Å². The number of rotatable bonds is 5. The number of aromatic nitrogens is 1. The first kappa shape index (κ1) is 19.5. The van der Waals surface area contributed by atoms with E-state index in [1.165, 1.54) is 0 Å². The lowest BCUT2D eigenvalue weighted by Crippen LogP contribution is -2.53. The highest BCUT2D eigenvalue weighted by molar-refractivity contribution is 5.97. The van der Waals surface area contributed by atoms with Crippen LogP contribution in [0.1, 0.15) is 21.6 Å². The third kappa shape index (κ3) is 4.94. The van der Waals surface area contributed by atoms with Gasteiger partial charge in [0.25, 0.3) is 5.91 Å². The number of piperazine rings is 1. The van der Waals surface area contributed by atoms with Crippen LogP contribution in [0, 0.1) is 6.92 Å². The fourth-order valence-corrected chi connectivity index (χ4v) is 3.17. The highest BCUT2D eigenvalue weighted by Gasteiger charge is 2.24. The van der Waals surface area contributed by atoms with E-state index in [-0.39, 0.29) is 30.7 Å². The van der Waals surface area contributed by atoms with Crippen LogP contribution < -0.4 is 5.32 Å². The van der Waals surface area contributed by atoms with E-state index in [2.05, 4.69) is 10.3 Å². The molecule has 7 heteroatoms. The number of nitrogens with one attached hydrogen (secondary N) is 1. The average molecular weight is 380 g/mol. The third-order valence-corrected chi connectivity index (χ3v) is 4.83. The number of pyridine rings is 1. The van der Waals surface area contributed by atoms with Gasteiger partial charge in [-0.2, -0.15) is 0 Å². The monoisotopic (exact) mass is 380 g/mol. The molecule has 3 amide bonds. The van der Waals surface area contributed by atoms with Gasteiger partial charge in [0.1, 0.15) is 0 Å². The van der Waals surface area contributed by atoms with Gasteiger partial charge in [-0.05, 0) is 30.7 Å². The van der Waals surface area contributed by atoms with Crippen molar-refractivity contribution in [3.63, 3.8) is 0 Å². The molecule has 1 aliphatic rings. The van der Waals surface area contributed by atoms with E-state index in [0.717, 1.165) is 11.3 Å². The zero-order valence-corrected chi connectivity index (χ0v) is 15.9. The zero-order chi connectivity index (χ0) is 19.9. The molecule has 0 bridgehead atoms. The zero-order valence-electron chi connectivity index (χ0n) is 15.9. The molecule has 1 aromatic carbocycles. The van der Waals surface area contributed by atoms with Crippen molar-refractivity contribution >= 4 is 17.7 Å². The Morgan fingerprint density at radius 2 is 1.57 bits per heavy atom. The maximum Gasteiger partial charge on any atom is 0.251 e. The molecule has 2 heterocycles. The molecule has 1 saturated heterocycles. The average Bonchev–Trinajstić information content (AvgIpc) is 2.73. The summed E-state index contributed by atoms with van der Waals surface area (Å²) in [6.07, 6.45) is 1.94. The van der Waals surface area contributed by atoms with Gasteiger partial charge in [0.15, 0.2) is 0 Å². The number of carbonyl (C=O) groups excluding carboxylic acids is 3. The van der Waals surface area contributed by atoms with Crippen LogP contribution in [0.2, 0.25) is 0 Å². The number of nitrogens with zero attached hydrogens (tertiary/aromatic N) is 3. The molecule has 7 nitrogen and oxygen atoms in total. The molecule has 0 saturated carbocycles. The summed E-state index contributed by atoms with van der Waals surface area (Å²) in [4.78, 5) is 44.6. The van der Waals surface area contributed by atoms with Crippen molar-refractivity contribution in [2.45, 2.75) is 13.3 Å². The normalized spacial score (nSPS) is 13.9. The Morgan fingerprint density at radius 3 is 2.21 bits per heavy atom. The second-order valence-electron chi connectivity index (χ2n) is 6.76. The van der Waals surface area contributed by atoms with Crippen molar-refractivity contribution in [3.05, 3.63) is 65.5 Å². The fraction of sp³-hybridized carbons (Fsp3) is 0.333. The highest BCUT2D eigenvalue weighted by Crippen LogP contribution is 2.08. The molecule has 0 spiro atoms. The standard InChI is InChI=1S/C21H24N4O3/c1-16-6-2-3-8-18(16)21(28)23-15-20(27)25-12-10-24(11-13-25)19(26)14-17-7-4-5-9-22-17/h2-9H,10-15H2,1H3,(H,23,28). The second-order valence-corrected chi connectivity index (χ2v) is 6.76. The summed E-state index contributed by atoms with van der Waals surface area (Å²) in [6.45, 7) is 3.72. The van der Waals surface area contributed by atoms with Crippen LogP contribution in [0.4, 0.5) is 0 Å². The van der Waals surface area contributed by atoms with Gasteiger partial charge < -0.3 is 15.1 Å². The summed E-state index contributed by atoms with van der Waals surface area (Å²) in [5, 5.41) is 2.68. The van der Waals surface area contributed by atoms with E-state index >= 15 is 0 Å². The SMILES string of the molecule is Cc1ccccc1C(=O)NCC(=O)N1CCN(C(=O)Cc2ccccn2)CC1. The number of amides is 3. The van der Waals surface area contributed by atoms with Crippen molar-refractivity contribution < 1.29 is 14.4 Å². The van der Waals surface area contributed by atoms with Crippen LogP contribution in [0.5, 0.6) is 0 Å². The summed E-state index contributed by atoms with van der Waals surface area (Å²) >= 11 is 0. The quantitative estimate of drug-likeness (QED) is 0.840. The van der Waals surface area contributed by atoms with Crippen molar-refractivity contribution in [1.29, 1.82) is 0 Å². The topological polar surface area (TPSA) is 82.6 Å². The van der Waals surface area contributed by atoms with Gasteiger partial charge in [0.05, 0.1) is 13.0 Å². The molecule has 1 aromatic heterocycles. The van der Waals surface area contributed by atoms with Crippen molar-refractivity contribution in [2.24, 2.45) is 0 Å². The molecule has 3 rings (SSSR count). The predicted molar refractivity (Wildman–Crippen MR) is 105 cm³/mol. The predicted octanol–water partition coefficient (Wildman–Crippen LogP) is 1.03. The first-order chi connectivity index (χ1) is 13.5. The van der Waals surface area contributed by atoms with E-state index in [0.29, 0.717) is 31.7 Å². The molecule has 146 valence electrons. The Hall–Kier alpha value is -3.22. The summed E-state index contributed by atoms with van der Waals surface area (Å²) in [5.41, 5.74) is 2.18. The largest absolute Gasteiger partial charge is 0.343 e. The Balaban J connectivity index is 1.44. The lowest BCUT2D eigenvalue weighted by molar-refractivity contribution is -0.138. The first-order valence-electron chi connectivity index (χ1n) is 9.34. The van der Waals surface area contributed by atoms with Crippen LogP contribution in [0.3, 0.4) is 0 Å². The van der Waals surface area contributed by atoms with Crippen molar-refractivity contribution in [2.75, 3.05) is 32.7 Å². The van der Waals surface area contributed by atoms with Crippen molar-refractivity contribution in [3.8, 4) is 0 Å². The first-order valence-corrected chi connectivity index (χ1v) is 9.34. The van der Waals surface area contributed by atoms with Gasteiger partial charge in [-0.25, -0.2) is 0 Å². The smallest absolute Gasteiger partial charge is 0.251 e. The molecule has 0 radical (unpaired) electrons. The molecule has 1 fully saturated rings. The Labute approximate surface area is 164 Å².